The van der Waals surface area contributed by atoms with Gasteiger partial charge in [-0.25, -0.2) is 17.2 Å². The largest absolute Gasteiger partial charge is 0.462 e. The average Bonchev–Trinajstić information content (AvgIpc) is 3.34. The molecule has 0 spiro atoms. The van der Waals surface area contributed by atoms with E-state index in [0.717, 1.165) is 23.6 Å². The van der Waals surface area contributed by atoms with Gasteiger partial charge in [-0.05, 0) is 60.7 Å². The van der Waals surface area contributed by atoms with Crippen LogP contribution in [-0.2, 0) is 34.1 Å². The maximum absolute atomic E-state index is 14.0. The van der Waals surface area contributed by atoms with Crippen LogP contribution in [0.1, 0.15) is 29.2 Å². The monoisotopic (exact) mass is 557 g/mol. The molecule has 0 fully saturated rings. The van der Waals surface area contributed by atoms with E-state index < -0.39 is 40.2 Å². The Morgan fingerprint density at radius 2 is 1.69 bits per heavy atom. The van der Waals surface area contributed by atoms with Gasteiger partial charge in [0.05, 0.1) is 17.0 Å². The summed E-state index contributed by atoms with van der Waals surface area (Å²) >= 11 is 0. The number of aliphatic hydroxyl groups excluding tert-OH is 1. The van der Waals surface area contributed by atoms with Crippen LogP contribution in [0.2, 0.25) is 0 Å². The molecule has 0 aromatic heterocycles. The van der Waals surface area contributed by atoms with Crippen molar-refractivity contribution in [3.63, 3.8) is 0 Å². The lowest BCUT2D eigenvalue weighted by atomic mass is 9.99. The van der Waals surface area contributed by atoms with E-state index in [-0.39, 0.29) is 17.9 Å². The van der Waals surface area contributed by atoms with Gasteiger partial charge in [-0.15, -0.1) is 0 Å². The summed E-state index contributed by atoms with van der Waals surface area (Å²) in [6.45, 7) is 4.57. The Morgan fingerprint density at radius 1 is 1.00 bits per heavy atom. The predicted molar refractivity (Wildman–Crippen MR) is 145 cm³/mol. The van der Waals surface area contributed by atoms with E-state index in [9.17, 15) is 22.3 Å². The molecule has 0 bridgehead atoms. The van der Waals surface area contributed by atoms with E-state index in [4.69, 9.17) is 4.74 Å². The standard InChI is InChI=1S/C29H33F2N3O4S/c1-3-21-5-4-6-22(13-21)18-32-19-28(35)27(16-23-14-24(30)17-25(31)15-23)34-11-12-38-29(34)33-39(36,37)26-9-7-20(2)8-10-26/h4-15,17,27-29,32-33,35H,3,16,18-19H2,1-2H3/t27-,28+,29?/m0/s1. The van der Waals surface area contributed by atoms with Crippen molar-refractivity contribution in [2.75, 3.05) is 6.54 Å². The molecule has 0 radical (unpaired) electrons. The second kappa shape index (κ2) is 12.7. The summed E-state index contributed by atoms with van der Waals surface area (Å²) in [5, 5.41) is 14.5. The number of hydrogen-bond donors (Lipinski definition) is 3. The molecule has 10 heteroatoms. The molecule has 0 amide bonds. The number of sulfonamides is 1. The van der Waals surface area contributed by atoms with Crippen molar-refractivity contribution >= 4 is 10.0 Å². The van der Waals surface area contributed by atoms with Crippen LogP contribution in [-0.4, -0.2) is 43.5 Å². The zero-order valence-electron chi connectivity index (χ0n) is 21.8. The molecule has 3 atom stereocenters. The first-order chi connectivity index (χ1) is 18.6. The normalized spacial score (nSPS) is 16.7. The molecule has 0 aliphatic carbocycles. The van der Waals surface area contributed by atoms with Crippen LogP contribution in [0.5, 0.6) is 0 Å². The zero-order valence-corrected chi connectivity index (χ0v) is 22.7. The maximum Gasteiger partial charge on any atom is 0.245 e. The smallest absolute Gasteiger partial charge is 0.245 e. The number of aliphatic hydroxyl groups is 1. The van der Waals surface area contributed by atoms with Crippen LogP contribution in [0.3, 0.4) is 0 Å². The van der Waals surface area contributed by atoms with Crippen molar-refractivity contribution < 1.29 is 27.0 Å². The lowest BCUT2D eigenvalue weighted by Gasteiger charge is -2.35. The Bertz CT molecular complexity index is 1380. The van der Waals surface area contributed by atoms with E-state index in [0.29, 0.717) is 12.1 Å². The molecule has 1 aliphatic heterocycles. The molecule has 0 saturated heterocycles. The fraction of sp³-hybridized carbons (Fsp3) is 0.310. The number of halogens is 2. The van der Waals surface area contributed by atoms with E-state index in [1.54, 1.807) is 12.1 Å². The Labute approximate surface area is 228 Å². The van der Waals surface area contributed by atoms with Crippen molar-refractivity contribution in [3.05, 3.63) is 113 Å². The highest BCUT2D eigenvalue weighted by Crippen LogP contribution is 2.23. The molecule has 0 saturated carbocycles. The average molecular weight is 558 g/mol. The van der Waals surface area contributed by atoms with Gasteiger partial charge in [0.15, 0.2) is 0 Å². The Kier molecular flexibility index (Phi) is 9.34. The highest BCUT2D eigenvalue weighted by Gasteiger charge is 2.35. The lowest BCUT2D eigenvalue weighted by Crippen LogP contribution is -2.54. The number of aryl methyl sites for hydroxylation is 2. The summed E-state index contributed by atoms with van der Waals surface area (Å²) in [7, 11) is -3.97. The van der Waals surface area contributed by atoms with Gasteiger partial charge in [0.2, 0.25) is 16.4 Å². The van der Waals surface area contributed by atoms with Crippen LogP contribution in [0.15, 0.2) is 84.1 Å². The lowest BCUT2D eigenvalue weighted by molar-refractivity contribution is -0.0190. The van der Waals surface area contributed by atoms with E-state index >= 15 is 0 Å². The van der Waals surface area contributed by atoms with Gasteiger partial charge in [-0.1, -0.05) is 48.9 Å². The quantitative estimate of drug-likeness (QED) is 0.312. The molecule has 1 aliphatic rings. The van der Waals surface area contributed by atoms with Crippen molar-refractivity contribution in [2.24, 2.45) is 0 Å². The molecule has 39 heavy (non-hydrogen) atoms. The van der Waals surface area contributed by atoms with Crippen molar-refractivity contribution in [1.29, 1.82) is 0 Å². The highest BCUT2D eigenvalue weighted by atomic mass is 32.2. The Morgan fingerprint density at radius 3 is 2.38 bits per heavy atom. The number of rotatable bonds is 12. The van der Waals surface area contributed by atoms with Crippen LogP contribution < -0.4 is 10.0 Å². The molecular weight excluding hydrogens is 524 g/mol. The molecule has 7 nitrogen and oxygen atoms in total. The SMILES string of the molecule is CCc1cccc(CNC[C@@H](O)[C@H](Cc2cc(F)cc(F)c2)N2C=COC2NS(=O)(=O)c2ccc(C)cc2)c1. The maximum atomic E-state index is 14.0. The van der Waals surface area contributed by atoms with Crippen LogP contribution in [0.25, 0.3) is 0 Å². The van der Waals surface area contributed by atoms with Crippen LogP contribution in [0.4, 0.5) is 8.78 Å². The molecule has 1 unspecified atom stereocenters. The van der Waals surface area contributed by atoms with Gasteiger partial charge in [-0.2, -0.15) is 4.72 Å². The Hall–Kier alpha value is -3.31. The zero-order chi connectivity index (χ0) is 28.0. The minimum absolute atomic E-state index is 0.0271. The van der Waals surface area contributed by atoms with Gasteiger partial charge in [-0.3, -0.25) is 0 Å². The summed E-state index contributed by atoms with van der Waals surface area (Å²) in [6.07, 6.45) is 1.54. The Balaban J connectivity index is 1.53. The predicted octanol–water partition coefficient (Wildman–Crippen LogP) is 3.96. The topological polar surface area (TPSA) is 90.9 Å². The molecule has 208 valence electrons. The summed E-state index contributed by atoms with van der Waals surface area (Å²) in [6, 6.07) is 16.8. The fourth-order valence-corrected chi connectivity index (χ4v) is 5.56. The highest BCUT2D eigenvalue weighted by molar-refractivity contribution is 7.89. The molecule has 3 aromatic rings. The summed E-state index contributed by atoms with van der Waals surface area (Å²) in [5.74, 6) is -1.48. The van der Waals surface area contributed by atoms with Crippen molar-refractivity contribution in [3.8, 4) is 0 Å². The third kappa shape index (κ3) is 7.63. The van der Waals surface area contributed by atoms with E-state index in [1.165, 1.54) is 47.2 Å². The minimum Gasteiger partial charge on any atom is -0.462 e. The molecule has 3 aromatic carbocycles. The van der Waals surface area contributed by atoms with Gasteiger partial charge in [0.1, 0.15) is 17.9 Å². The minimum atomic E-state index is -3.97. The summed E-state index contributed by atoms with van der Waals surface area (Å²) in [4.78, 5) is 1.57. The fourth-order valence-electron chi connectivity index (χ4n) is 4.49. The first-order valence-electron chi connectivity index (χ1n) is 12.7. The van der Waals surface area contributed by atoms with E-state index in [2.05, 4.69) is 23.0 Å². The van der Waals surface area contributed by atoms with E-state index in [1.807, 2.05) is 25.1 Å². The molecule has 4 rings (SSSR count). The number of nitrogens with zero attached hydrogens (tertiary/aromatic N) is 1. The van der Waals surface area contributed by atoms with Gasteiger partial charge >= 0.3 is 0 Å². The van der Waals surface area contributed by atoms with Gasteiger partial charge < -0.3 is 20.1 Å². The molecular formula is C29H33F2N3O4S. The third-order valence-electron chi connectivity index (χ3n) is 6.58. The second-order valence-electron chi connectivity index (χ2n) is 9.58. The third-order valence-corrected chi connectivity index (χ3v) is 7.98. The number of ether oxygens (including phenoxy) is 1. The summed E-state index contributed by atoms with van der Waals surface area (Å²) in [5.41, 5.74) is 3.48. The van der Waals surface area contributed by atoms with Gasteiger partial charge in [0.25, 0.3) is 0 Å². The number of hydrogen-bond acceptors (Lipinski definition) is 6. The van der Waals surface area contributed by atoms with Crippen LogP contribution >= 0.6 is 0 Å². The second-order valence-corrected chi connectivity index (χ2v) is 11.3. The number of nitrogens with one attached hydrogen (secondary N) is 2. The molecule has 3 N–H and O–H groups in total. The van der Waals surface area contributed by atoms with Gasteiger partial charge in [0, 0.05) is 25.4 Å². The van der Waals surface area contributed by atoms with Crippen LogP contribution in [0, 0.1) is 18.6 Å². The number of benzene rings is 3. The first-order valence-corrected chi connectivity index (χ1v) is 14.2. The molecule has 1 heterocycles. The summed E-state index contributed by atoms with van der Waals surface area (Å²) < 4.78 is 62.1. The van der Waals surface area contributed by atoms with Crippen molar-refractivity contribution in [2.45, 2.75) is 56.6 Å². The van der Waals surface area contributed by atoms with Crippen molar-refractivity contribution in [1.82, 2.24) is 14.9 Å². The first kappa shape index (κ1) is 28.7.